The lowest BCUT2D eigenvalue weighted by molar-refractivity contribution is -0.393. The fourth-order valence-corrected chi connectivity index (χ4v) is 1.01. The molecule has 1 heterocycles. The van der Waals surface area contributed by atoms with Crippen molar-refractivity contribution in [3.8, 4) is 5.75 Å². The Morgan fingerprint density at radius 1 is 1.39 bits per heavy atom. The van der Waals surface area contributed by atoms with Gasteiger partial charge in [-0.3, -0.25) is 0 Å². The molecule has 0 bridgehead atoms. The van der Waals surface area contributed by atoms with Gasteiger partial charge in [0.15, 0.2) is 0 Å². The Morgan fingerprint density at radius 2 is 1.94 bits per heavy atom. The molecule has 18 heavy (non-hydrogen) atoms. The van der Waals surface area contributed by atoms with Crippen LogP contribution in [0.4, 0.5) is 32.2 Å². The van der Waals surface area contributed by atoms with E-state index in [9.17, 15) is 36.5 Å². The quantitative estimate of drug-likeness (QED) is 0.368. The van der Waals surface area contributed by atoms with E-state index in [0.29, 0.717) is 0 Å². The van der Waals surface area contributed by atoms with Crippen LogP contribution in [0.2, 0.25) is 0 Å². The van der Waals surface area contributed by atoms with E-state index in [1.54, 1.807) is 0 Å². The van der Waals surface area contributed by atoms with Crippen LogP contribution in [0.1, 0.15) is 12.0 Å². The summed E-state index contributed by atoms with van der Waals surface area (Å²) >= 11 is 0. The Labute approximate surface area is 94.1 Å². The summed E-state index contributed by atoms with van der Waals surface area (Å²) in [7, 11) is 0. The maximum atomic E-state index is 12.7. The summed E-state index contributed by atoms with van der Waals surface area (Å²) in [5.41, 5.74) is -1.61. The van der Waals surface area contributed by atoms with Crippen LogP contribution in [0.15, 0.2) is 6.07 Å². The van der Waals surface area contributed by atoms with Crippen LogP contribution >= 0.6 is 0 Å². The lowest BCUT2D eigenvalue weighted by Crippen LogP contribution is -2.20. The van der Waals surface area contributed by atoms with Gasteiger partial charge in [0, 0.05) is 6.07 Å². The van der Waals surface area contributed by atoms with E-state index in [1.165, 1.54) is 0 Å². The van der Waals surface area contributed by atoms with Crippen molar-refractivity contribution in [3.63, 3.8) is 0 Å². The van der Waals surface area contributed by atoms with Crippen LogP contribution in [0, 0.1) is 16.1 Å². The van der Waals surface area contributed by atoms with Gasteiger partial charge in [0.25, 0.3) is 6.43 Å². The number of pyridine rings is 1. The number of nitrogens with zero attached hydrogens (tertiary/aromatic N) is 2. The van der Waals surface area contributed by atoms with Crippen LogP contribution in [0.5, 0.6) is 5.75 Å². The van der Waals surface area contributed by atoms with Crippen LogP contribution in [0.25, 0.3) is 0 Å². The molecule has 0 aliphatic heterocycles. The second-order valence-corrected chi connectivity index (χ2v) is 2.79. The highest BCUT2D eigenvalue weighted by Crippen LogP contribution is 2.38. The first-order valence-electron chi connectivity index (χ1n) is 4.00. The van der Waals surface area contributed by atoms with Crippen LogP contribution < -0.4 is 4.74 Å². The predicted octanol–water partition coefficient (Wildman–Crippen LogP) is 2.97. The molecule has 0 amide bonds. The van der Waals surface area contributed by atoms with Crippen molar-refractivity contribution in [2.45, 2.75) is 12.8 Å². The molecule has 0 N–H and O–H groups in total. The third-order valence-corrected chi connectivity index (χ3v) is 1.58. The van der Waals surface area contributed by atoms with Crippen molar-refractivity contribution >= 4 is 5.82 Å². The minimum Gasteiger partial charge on any atom is -0.396 e. The molecule has 0 aliphatic carbocycles. The SMILES string of the molecule is O=[N+]([O-])c1nc(F)cc(C(F)F)c1OC(F)(F)F. The van der Waals surface area contributed by atoms with Gasteiger partial charge in [-0.15, -0.1) is 13.2 Å². The van der Waals surface area contributed by atoms with Gasteiger partial charge in [-0.05, 0) is 9.91 Å². The molecule has 1 aromatic rings. The third kappa shape index (κ3) is 3.21. The summed E-state index contributed by atoms with van der Waals surface area (Å²) in [6.45, 7) is 0. The number of rotatable bonds is 3. The van der Waals surface area contributed by atoms with E-state index < -0.39 is 40.8 Å². The standard InChI is InChI=1S/C7H2F6N2O3/c8-3-1-2(5(9)10)4(18-7(11,12)13)6(14-3)15(16)17/h1,5H. The van der Waals surface area contributed by atoms with Crippen molar-refractivity contribution < 1.29 is 36.0 Å². The highest BCUT2D eigenvalue weighted by atomic mass is 19.4. The zero-order valence-electron chi connectivity index (χ0n) is 8.04. The van der Waals surface area contributed by atoms with Gasteiger partial charge < -0.3 is 14.9 Å². The summed E-state index contributed by atoms with van der Waals surface area (Å²) in [5.74, 6) is -5.32. The molecule has 0 saturated heterocycles. The van der Waals surface area contributed by atoms with Crippen molar-refractivity contribution in [2.24, 2.45) is 0 Å². The van der Waals surface area contributed by atoms with Crippen molar-refractivity contribution in [2.75, 3.05) is 0 Å². The molecule has 0 atom stereocenters. The molecule has 0 unspecified atom stereocenters. The van der Waals surface area contributed by atoms with Crippen LogP contribution in [-0.4, -0.2) is 16.3 Å². The Balaban J connectivity index is 3.46. The first-order valence-corrected chi connectivity index (χ1v) is 4.00. The van der Waals surface area contributed by atoms with Gasteiger partial charge in [0.2, 0.25) is 5.75 Å². The van der Waals surface area contributed by atoms with Gasteiger partial charge in [-0.25, -0.2) is 8.78 Å². The molecule has 0 fully saturated rings. The molecule has 0 radical (unpaired) electrons. The van der Waals surface area contributed by atoms with Crippen molar-refractivity contribution in [1.29, 1.82) is 0 Å². The van der Waals surface area contributed by atoms with E-state index >= 15 is 0 Å². The van der Waals surface area contributed by atoms with E-state index in [4.69, 9.17) is 0 Å². The minimum absolute atomic E-state index is 0.0707. The fourth-order valence-electron chi connectivity index (χ4n) is 1.01. The maximum absolute atomic E-state index is 12.7. The number of hydrogen-bond acceptors (Lipinski definition) is 4. The van der Waals surface area contributed by atoms with Crippen LogP contribution in [-0.2, 0) is 0 Å². The van der Waals surface area contributed by atoms with E-state index in [0.717, 1.165) is 0 Å². The molecule has 1 rings (SSSR count). The molecule has 0 aliphatic rings. The van der Waals surface area contributed by atoms with Gasteiger partial charge in [0.05, 0.1) is 5.56 Å². The monoisotopic (exact) mass is 276 g/mol. The van der Waals surface area contributed by atoms with Gasteiger partial charge >= 0.3 is 18.1 Å². The van der Waals surface area contributed by atoms with E-state index in [-0.39, 0.29) is 6.07 Å². The normalized spacial score (nSPS) is 11.7. The molecular formula is C7H2F6N2O3. The van der Waals surface area contributed by atoms with Crippen molar-refractivity contribution in [1.82, 2.24) is 4.98 Å². The van der Waals surface area contributed by atoms with E-state index in [1.807, 2.05) is 0 Å². The fraction of sp³-hybridized carbons (Fsp3) is 0.286. The topological polar surface area (TPSA) is 65.3 Å². The maximum Gasteiger partial charge on any atom is 0.573 e. The first kappa shape index (κ1) is 14.0. The molecular weight excluding hydrogens is 274 g/mol. The second kappa shape index (κ2) is 4.66. The molecule has 0 aromatic carbocycles. The highest BCUT2D eigenvalue weighted by molar-refractivity contribution is 5.47. The molecule has 5 nitrogen and oxygen atoms in total. The number of hydrogen-bond donors (Lipinski definition) is 0. The largest absolute Gasteiger partial charge is 0.573 e. The van der Waals surface area contributed by atoms with Gasteiger partial charge in [-0.1, -0.05) is 0 Å². The van der Waals surface area contributed by atoms with E-state index in [2.05, 4.69) is 9.72 Å². The summed E-state index contributed by atoms with van der Waals surface area (Å²) in [4.78, 5) is 11.2. The zero-order chi connectivity index (χ0) is 14.1. The lowest BCUT2D eigenvalue weighted by Gasteiger charge is -2.12. The van der Waals surface area contributed by atoms with Gasteiger partial charge in [0.1, 0.15) is 0 Å². The highest BCUT2D eigenvalue weighted by Gasteiger charge is 2.39. The smallest absolute Gasteiger partial charge is 0.396 e. The number of nitro groups is 1. The number of halogens is 6. The van der Waals surface area contributed by atoms with Crippen LogP contribution in [0.3, 0.4) is 0 Å². The summed E-state index contributed by atoms with van der Waals surface area (Å²) in [5, 5.41) is 10.3. The third-order valence-electron chi connectivity index (χ3n) is 1.58. The molecule has 11 heteroatoms. The predicted molar refractivity (Wildman–Crippen MR) is 42.5 cm³/mol. The Hall–Kier alpha value is -2.07. The Morgan fingerprint density at radius 3 is 2.33 bits per heavy atom. The zero-order valence-corrected chi connectivity index (χ0v) is 8.04. The summed E-state index contributed by atoms with van der Waals surface area (Å²) in [6, 6.07) is -0.0707. The number of ether oxygens (including phenoxy) is 1. The number of aromatic nitrogens is 1. The molecule has 1 aromatic heterocycles. The Kier molecular flexibility index (Phi) is 3.62. The average Bonchev–Trinajstić information content (AvgIpc) is 2.17. The Bertz CT molecular complexity index is 475. The molecule has 0 saturated carbocycles. The minimum atomic E-state index is -5.45. The summed E-state index contributed by atoms with van der Waals surface area (Å²) in [6.07, 6.45) is -9.05. The second-order valence-electron chi connectivity index (χ2n) is 2.79. The lowest BCUT2D eigenvalue weighted by atomic mass is 10.2. The summed E-state index contributed by atoms with van der Waals surface area (Å²) < 4.78 is 76.2. The average molecular weight is 276 g/mol. The number of alkyl halides is 5. The molecule has 100 valence electrons. The first-order chi connectivity index (χ1) is 8.11. The molecule has 0 spiro atoms. The van der Waals surface area contributed by atoms with Crippen molar-refractivity contribution in [3.05, 3.63) is 27.7 Å². The van der Waals surface area contributed by atoms with Gasteiger partial charge in [-0.2, -0.15) is 4.39 Å².